The number of benzene rings is 3. The van der Waals surface area contributed by atoms with Crippen molar-refractivity contribution >= 4 is 33.7 Å². The number of ether oxygens (including phenoxy) is 1. The third-order valence-corrected chi connectivity index (χ3v) is 6.34. The van der Waals surface area contributed by atoms with Gasteiger partial charge in [-0.15, -0.1) is 0 Å². The van der Waals surface area contributed by atoms with Gasteiger partial charge in [-0.05, 0) is 28.3 Å². The molecule has 1 amide bonds. The molecule has 5 heteroatoms. The van der Waals surface area contributed by atoms with Crippen LogP contribution in [0.4, 0.5) is 0 Å². The summed E-state index contributed by atoms with van der Waals surface area (Å²) in [6.45, 7) is 2.87. The highest BCUT2D eigenvalue weighted by molar-refractivity contribution is 6.20. The van der Waals surface area contributed by atoms with Crippen molar-refractivity contribution in [2.75, 3.05) is 6.61 Å². The van der Waals surface area contributed by atoms with E-state index in [2.05, 4.69) is 40.2 Å². The molecule has 0 saturated heterocycles. The van der Waals surface area contributed by atoms with E-state index in [0.717, 1.165) is 50.5 Å². The van der Waals surface area contributed by atoms with Gasteiger partial charge in [0.15, 0.2) is 0 Å². The molecule has 30 heavy (non-hydrogen) atoms. The second kappa shape index (κ2) is 6.20. The summed E-state index contributed by atoms with van der Waals surface area (Å²) < 4.78 is 7.54. The Morgan fingerprint density at radius 2 is 1.87 bits per heavy atom. The van der Waals surface area contributed by atoms with Crippen LogP contribution in [0.25, 0.3) is 32.9 Å². The molecule has 0 fully saturated rings. The molecule has 0 atom stereocenters. The van der Waals surface area contributed by atoms with Gasteiger partial charge in [0.1, 0.15) is 6.61 Å². The van der Waals surface area contributed by atoms with Crippen molar-refractivity contribution in [3.8, 4) is 11.1 Å². The Balaban J connectivity index is 1.73. The molecule has 1 aliphatic carbocycles. The first-order valence-corrected chi connectivity index (χ1v) is 10.2. The van der Waals surface area contributed by atoms with Crippen molar-refractivity contribution in [3.63, 3.8) is 0 Å². The number of para-hydroxylation sites is 1. The van der Waals surface area contributed by atoms with Crippen molar-refractivity contribution in [3.05, 3.63) is 70.8 Å². The molecule has 2 aliphatic rings. The zero-order chi connectivity index (χ0) is 20.4. The Bertz CT molecular complexity index is 1400. The minimum absolute atomic E-state index is 0.0107. The molecule has 3 aromatic carbocycles. The quantitative estimate of drug-likeness (QED) is 0.466. The molecule has 0 bridgehead atoms. The predicted octanol–water partition coefficient (Wildman–Crippen LogP) is 4.17. The van der Waals surface area contributed by atoms with E-state index in [1.54, 1.807) is 0 Å². The lowest BCUT2D eigenvalue weighted by Crippen LogP contribution is -2.13. The zero-order valence-electron chi connectivity index (χ0n) is 16.6. The monoisotopic (exact) mass is 396 g/mol. The van der Waals surface area contributed by atoms with Crippen molar-refractivity contribution in [2.24, 2.45) is 0 Å². The van der Waals surface area contributed by atoms with Gasteiger partial charge >= 0.3 is 5.97 Å². The number of carbonyl (C=O) groups is 2. The zero-order valence-corrected chi connectivity index (χ0v) is 16.6. The van der Waals surface area contributed by atoms with Crippen molar-refractivity contribution in [1.29, 1.82) is 0 Å². The minimum atomic E-state index is -0.274. The molecule has 0 radical (unpaired) electrons. The first-order valence-electron chi connectivity index (χ1n) is 10.2. The molecule has 1 aromatic heterocycles. The van der Waals surface area contributed by atoms with Crippen molar-refractivity contribution in [2.45, 2.75) is 26.4 Å². The second-order valence-corrected chi connectivity index (χ2v) is 7.96. The van der Waals surface area contributed by atoms with Gasteiger partial charge in [0.2, 0.25) is 0 Å². The summed E-state index contributed by atoms with van der Waals surface area (Å²) in [5.74, 6) is -0.263. The molecular weight excluding hydrogens is 376 g/mol. The van der Waals surface area contributed by atoms with Crippen LogP contribution in [0.15, 0.2) is 48.5 Å². The Morgan fingerprint density at radius 3 is 2.73 bits per heavy atom. The maximum atomic E-state index is 12.9. The van der Waals surface area contributed by atoms with Gasteiger partial charge in [0.25, 0.3) is 5.91 Å². The van der Waals surface area contributed by atoms with Crippen LogP contribution in [-0.2, 0) is 29.0 Å². The standard InChI is InChI=1S/C25H20N2O3/c1-14(28)30-11-10-27-20-9-5-4-8-17(20)22-19-13-26-25(29)23(19)21-16-7-3-2-6-15(16)12-18(21)24(22)27/h2-9H,10-13H2,1H3,(H,26,29). The van der Waals surface area contributed by atoms with Gasteiger partial charge in [-0.25, -0.2) is 0 Å². The minimum Gasteiger partial charge on any atom is -0.464 e. The van der Waals surface area contributed by atoms with Gasteiger partial charge in [0.05, 0.1) is 17.6 Å². The predicted molar refractivity (Wildman–Crippen MR) is 115 cm³/mol. The molecular formula is C25H20N2O3. The summed E-state index contributed by atoms with van der Waals surface area (Å²) in [5.41, 5.74) is 8.83. The summed E-state index contributed by atoms with van der Waals surface area (Å²) in [6, 6.07) is 16.6. The van der Waals surface area contributed by atoms with Crippen LogP contribution in [-0.4, -0.2) is 23.1 Å². The average Bonchev–Trinajstić information content (AvgIpc) is 3.40. The normalized spacial score (nSPS) is 14.0. The first-order chi connectivity index (χ1) is 14.6. The average molecular weight is 396 g/mol. The van der Waals surface area contributed by atoms with Gasteiger partial charge < -0.3 is 14.6 Å². The Labute approximate surface area is 173 Å². The van der Waals surface area contributed by atoms with Crippen LogP contribution in [0.3, 0.4) is 0 Å². The fourth-order valence-corrected chi connectivity index (χ4v) is 5.24. The van der Waals surface area contributed by atoms with Crippen LogP contribution in [0.2, 0.25) is 0 Å². The highest BCUT2D eigenvalue weighted by atomic mass is 16.5. The van der Waals surface area contributed by atoms with E-state index in [1.165, 1.54) is 18.1 Å². The smallest absolute Gasteiger partial charge is 0.302 e. The van der Waals surface area contributed by atoms with E-state index < -0.39 is 0 Å². The fourth-order valence-electron chi connectivity index (χ4n) is 5.24. The number of hydrogen-bond acceptors (Lipinski definition) is 3. The maximum Gasteiger partial charge on any atom is 0.302 e. The summed E-state index contributed by atoms with van der Waals surface area (Å²) in [4.78, 5) is 24.2. The lowest BCUT2D eigenvalue weighted by Gasteiger charge is -2.13. The highest BCUT2D eigenvalue weighted by Crippen LogP contribution is 2.48. The van der Waals surface area contributed by atoms with E-state index in [4.69, 9.17) is 4.74 Å². The number of hydrogen-bond donors (Lipinski definition) is 1. The van der Waals surface area contributed by atoms with Crippen molar-refractivity contribution in [1.82, 2.24) is 9.88 Å². The number of esters is 1. The lowest BCUT2D eigenvalue weighted by molar-refractivity contribution is -0.141. The van der Waals surface area contributed by atoms with Crippen molar-refractivity contribution < 1.29 is 14.3 Å². The molecule has 0 saturated carbocycles. The Kier molecular flexibility index (Phi) is 3.57. The van der Waals surface area contributed by atoms with Gasteiger partial charge in [0, 0.05) is 41.7 Å². The van der Waals surface area contributed by atoms with Gasteiger partial charge in [-0.2, -0.15) is 0 Å². The number of nitrogens with zero attached hydrogens (tertiary/aromatic N) is 1. The number of amides is 1. The number of fused-ring (bicyclic) bond motifs is 10. The van der Waals surface area contributed by atoms with Crippen LogP contribution < -0.4 is 5.32 Å². The number of aromatic nitrogens is 1. The van der Waals surface area contributed by atoms with E-state index in [9.17, 15) is 9.59 Å². The maximum absolute atomic E-state index is 12.9. The van der Waals surface area contributed by atoms with Crippen LogP contribution in [0.1, 0.15) is 34.0 Å². The molecule has 1 N–H and O–H groups in total. The third kappa shape index (κ3) is 2.23. The molecule has 0 unspecified atom stereocenters. The molecule has 2 heterocycles. The molecule has 4 aromatic rings. The van der Waals surface area contributed by atoms with E-state index in [-0.39, 0.29) is 11.9 Å². The second-order valence-electron chi connectivity index (χ2n) is 7.96. The summed E-state index contributed by atoms with van der Waals surface area (Å²) in [5, 5.41) is 5.34. The summed E-state index contributed by atoms with van der Waals surface area (Å²) in [7, 11) is 0. The molecule has 1 aliphatic heterocycles. The lowest BCUT2D eigenvalue weighted by atomic mass is 9.92. The number of carbonyl (C=O) groups excluding carboxylic acids is 2. The van der Waals surface area contributed by atoms with Crippen LogP contribution in [0.5, 0.6) is 0 Å². The highest BCUT2D eigenvalue weighted by Gasteiger charge is 2.35. The molecule has 0 spiro atoms. The SMILES string of the molecule is CC(=O)OCCn1c2ccccc2c2c3c(c4c(c21)Cc1ccccc1-4)C(=O)NC3. The molecule has 5 nitrogen and oxygen atoms in total. The van der Waals surface area contributed by atoms with E-state index in [0.29, 0.717) is 19.7 Å². The summed E-state index contributed by atoms with van der Waals surface area (Å²) >= 11 is 0. The number of rotatable bonds is 3. The third-order valence-electron chi connectivity index (χ3n) is 6.34. The topological polar surface area (TPSA) is 60.3 Å². The first kappa shape index (κ1) is 17.3. The van der Waals surface area contributed by atoms with E-state index in [1.807, 2.05) is 18.2 Å². The molecule has 148 valence electrons. The van der Waals surface area contributed by atoms with Crippen LogP contribution >= 0.6 is 0 Å². The number of nitrogens with one attached hydrogen (secondary N) is 1. The van der Waals surface area contributed by atoms with Gasteiger partial charge in [-0.3, -0.25) is 9.59 Å². The fraction of sp³-hybridized carbons (Fsp3) is 0.200. The van der Waals surface area contributed by atoms with E-state index >= 15 is 0 Å². The van der Waals surface area contributed by atoms with Gasteiger partial charge in [-0.1, -0.05) is 42.5 Å². The summed E-state index contributed by atoms with van der Waals surface area (Å²) in [6.07, 6.45) is 0.798. The van der Waals surface area contributed by atoms with Crippen LogP contribution in [0, 0.1) is 0 Å². The largest absolute Gasteiger partial charge is 0.464 e. The Hall–Kier alpha value is -3.60. The Morgan fingerprint density at radius 1 is 1.07 bits per heavy atom. The molecule has 6 rings (SSSR count).